The van der Waals surface area contributed by atoms with Gasteiger partial charge >= 0.3 is 0 Å². The predicted molar refractivity (Wildman–Crippen MR) is 67.0 cm³/mol. The molecule has 2 aromatic rings. The Labute approximate surface area is 107 Å². The van der Waals surface area contributed by atoms with Crippen LogP contribution in [0.1, 0.15) is 17.4 Å². The van der Waals surface area contributed by atoms with Crippen molar-refractivity contribution in [3.63, 3.8) is 0 Å². The van der Waals surface area contributed by atoms with E-state index < -0.39 is 6.10 Å². The summed E-state index contributed by atoms with van der Waals surface area (Å²) in [6.45, 7) is 0. The van der Waals surface area contributed by atoms with E-state index in [4.69, 9.17) is 0 Å². The topological polar surface area (TPSA) is 33.1 Å². The molecule has 1 aromatic carbocycles. The zero-order valence-electron chi connectivity index (χ0n) is 8.98. The predicted octanol–water partition coefficient (Wildman–Crippen LogP) is 3.26. The van der Waals surface area contributed by atoms with E-state index in [2.05, 4.69) is 20.9 Å². The van der Waals surface area contributed by atoms with Crippen LogP contribution < -0.4 is 0 Å². The van der Waals surface area contributed by atoms with Crippen molar-refractivity contribution in [2.24, 2.45) is 0 Å². The second-order valence-electron chi connectivity index (χ2n) is 3.71. The lowest BCUT2D eigenvalue weighted by Crippen LogP contribution is -2.03. The molecule has 1 atom stereocenters. The first-order chi connectivity index (χ1) is 8.16. The number of nitrogens with zero attached hydrogens (tertiary/aromatic N) is 1. The van der Waals surface area contributed by atoms with E-state index in [-0.39, 0.29) is 5.82 Å². The van der Waals surface area contributed by atoms with E-state index in [9.17, 15) is 9.50 Å². The number of aromatic nitrogens is 1. The molecule has 0 saturated carbocycles. The highest BCUT2D eigenvalue weighted by atomic mass is 79.9. The summed E-state index contributed by atoms with van der Waals surface area (Å²) in [7, 11) is 0. The van der Waals surface area contributed by atoms with Crippen LogP contribution in [0.15, 0.2) is 47.1 Å². The van der Waals surface area contributed by atoms with Gasteiger partial charge in [0.25, 0.3) is 0 Å². The van der Waals surface area contributed by atoms with Crippen LogP contribution in [0.25, 0.3) is 0 Å². The minimum atomic E-state index is -0.679. The second kappa shape index (κ2) is 5.38. The Bertz CT molecular complexity index is 504. The molecular formula is C13H11BrFNO. The van der Waals surface area contributed by atoms with Gasteiger partial charge in [-0.05, 0) is 45.8 Å². The fourth-order valence-electron chi connectivity index (χ4n) is 1.55. The summed E-state index contributed by atoms with van der Waals surface area (Å²) in [6, 6.07) is 10.0. The molecule has 0 aliphatic heterocycles. The number of halogens is 2. The van der Waals surface area contributed by atoms with Crippen LogP contribution in [0.3, 0.4) is 0 Å². The maximum absolute atomic E-state index is 13.0. The molecule has 4 heteroatoms. The quantitative estimate of drug-likeness (QED) is 0.943. The SMILES string of the molecule is OC(Cc1ccccn1)c1ccc(F)c(Br)c1. The summed E-state index contributed by atoms with van der Waals surface area (Å²) in [5.74, 6) is -0.334. The van der Waals surface area contributed by atoms with Gasteiger partial charge in [-0.15, -0.1) is 0 Å². The van der Waals surface area contributed by atoms with Gasteiger partial charge in [-0.1, -0.05) is 12.1 Å². The Balaban J connectivity index is 2.14. The average molecular weight is 296 g/mol. The zero-order valence-corrected chi connectivity index (χ0v) is 10.6. The molecule has 1 N–H and O–H groups in total. The molecule has 0 bridgehead atoms. The normalized spacial score (nSPS) is 12.4. The number of aliphatic hydroxyl groups is 1. The van der Waals surface area contributed by atoms with Crippen LogP contribution in [0.2, 0.25) is 0 Å². The van der Waals surface area contributed by atoms with Crippen LogP contribution in [-0.2, 0) is 6.42 Å². The van der Waals surface area contributed by atoms with Crippen LogP contribution in [0.5, 0.6) is 0 Å². The van der Waals surface area contributed by atoms with E-state index in [0.717, 1.165) is 5.69 Å². The highest BCUT2D eigenvalue weighted by molar-refractivity contribution is 9.10. The highest BCUT2D eigenvalue weighted by Gasteiger charge is 2.11. The van der Waals surface area contributed by atoms with Gasteiger partial charge < -0.3 is 5.11 Å². The molecule has 0 saturated heterocycles. The summed E-state index contributed by atoms with van der Waals surface area (Å²) >= 11 is 3.10. The molecule has 0 radical (unpaired) electrons. The molecule has 0 fully saturated rings. The summed E-state index contributed by atoms with van der Waals surface area (Å²) in [5.41, 5.74) is 1.48. The Kier molecular flexibility index (Phi) is 3.86. The Hall–Kier alpha value is -1.26. The van der Waals surface area contributed by atoms with Gasteiger partial charge in [0.15, 0.2) is 0 Å². The van der Waals surface area contributed by atoms with Crippen LogP contribution in [0.4, 0.5) is 4.39 Å². The lowest BCUT2D eigenvalue weighted by molar-refractivity contribution is 0.177. The molecule has 88 valence electrons. The maximum Gasteiger partial charge on any atom is 0.137 e. The Morgan fingerprint density at radius 3 is 2.76 bits per heavy atom. The third kappa shape index (κ3) is 3.11. The fraction of sp³-hybridized carbons (Fsp3) is 0.154. The van der Waals surface area contributed by atoms with E-state index in [0.29, 0.717) is 16.5 Å². The van der Waals surface area contributed by atoms with E-state index >= 15 is 0 Å². The van der Waals surface area contributed by atoms with Crippen molar-refractivity contribution in [2.75, 3.05) is 0 Å². The molecule has 2 nitrogen and oxygen atoms in total. The molecule has 0 amide bonds. The Morgan fingerprint density at radius 1 is 1.29 bits per heavy atom. The van der Waals surface area contributed by atoms with Crippen molar-refractivity contribution in [3.05, 3.63) is 64.1 Å². The summed E-state index contributed by atoms with van der Waals surface area (Å²) in [4.78, 5) is 4.14. The van der Waals surface area contributed by atoms with Crippen molar-refractivity contribution in [3.8, 4) is 0 Å². The van der Waals surface area contributed by atoms with Gasteiger partial charge in [-0.3, -0.25) is 4.98 Å². The summed E-state index contributed by atoms with van der Waals surface area (Å²) < 4.78 is 13.4. The minimum Gasteiger partial charge on any atom is -0.388 e. The largest absolute Gasteiger partial charge is 0.388 e. The summed E-state index contributed by atoms with van der Waals surface area (Å²) in [6.07, 6.45) is 1.42. The van der Waals surface area contributed by atoms with Gasteiger partial charge in [0, 0.05) is 18.3 Å². The van der Waals surface area contributed by atoms with Gasteiger partial charge in [-0.2, -0.15) is 0 Å². The first-order valence-electron chi connectivity index (χ1n) is 5.20. The van der Waals surface area contributed by atoms with E-state index in [1.54, 1.807) is 18.3 Å². The van der Waals surface area contributed by atoms with Crippen molar-refractivity contribution in [2.45, 2.75) is 12.5 Å². The number of aliphatic hydroxyl groups excluding tert-OH is 1. The Morgan fingerprint density at radius 2 is 2.12 bits per heavy atom. The smallest absolute Gasteiger partial charge is 0.137 e. The highest BCUT2D eigenvalue weighted by Crippen LogP contribution is 2.23. The van der Waals surface area contributed by atoms with E-state index in [1.807, 2.05) is 18.2 Å². The minimum absolute atomic E-state index is 0.334. The molecule has 17 heavy (non-hydrogen) atoms. The van der Waals surface area contributed by atoms with Gasteiger partial charge in [0.1, 0.15) is 5.82 Å². The first-order valence-corrected chi connectivity index (χ1v) is 5.99. The fourth-order valence-corrected chi connectivity index (χ4v) is 1.95. The number of benzene rings is 1. The monoisotopic (exact) mass is 295 g/mol. The molecule has 1 heterocycles. The van der Waals surface area contributed by atoms with Gasteiger partial charge in [0.2, 0.25) is 0 Å². The third-order valence-electron chi connectivity index (χ3n) is 2.46. The van der Waals surface area contributed by atoms with Crippen molar-refractivity contribution in [1.29, 1.82) is 0 Å². The van der Waals surface area contributed by atoms with Gasteiger partial charge in [0.05, 0.1) is 10.6 Å². The molecular weight excluding hydrogens is 285 g/mol. The van der Waals surface area contributed by atoms with E-state index in [1.165, 1.54) is 6.07 Å². The van der Waals surface area contributed by atoms with Crippen LogP contribution in [0, 0.1) is 5.82 Å². The lowest BCUT2D eigenvalue weighted by atomic mass is 10.0. The molecule has 0 aliphatic rings. The average Bonchev–Trinajstić information content (AvgIpc) is 2.34. The summed E-state index contributed by atoms with van der Waals surface area (Å²) in [5, 5.41) is 10.0. The molecule has 0 spiro atoms. The van der Waals surface area contributed by atoms with Crippen LogP contribution >= 0.6 is 15.9 Å². The number of pyridine rings is 1. The maximum atomic E-state index is 13.0. The first kappa shape index (κ1) is 12.2. The number of hydrogen-bond acceptors (Lipinski definition) is 2. The third-order valence-corrected chi connectivity index (χ3v) is 3.06. The molecule has 0 aliphatic carbocycles. The van der Waals surface area contributed by atoms with Gasteiger partial charge in [-0.25, -0.2) is 4.39 Å². The molecule has 1 unspecified atom stereocenters. The zero-order chi connectivity index (χ0) is 12.3. The van der Waals surface area contributed by atoms with Crippen molar-refractivity contribution in [1.82, 2.24) is 4.98 Å². The second-order valence-corrected chi connectivity index (χ2v) is 4.57. The molecule has 2 rings (SSSR count). The molecule has 1 aromatic heterocycles. The van der Waals surface area contributed by atoms with Crippen molar-refractivity contribution < 1.29 is 9.50 Å². The van der Waals surface area contributed by atoms with Crippen molar-refractivity contribution >= 4 is 15.9 Å². The number of rotatable bonds is 3. The lowest BCUT2D eigenvalue weighted by Gasteiger charge is -2.11. The van der Waals surface area contributed by atoms with Crippen LogP contribution in [-0.4, -0.2) is 10.1 Å². The number of hydrogen-bond donors (Lipinski definition) is 1. The standard InChI is InChI=1S/C13H11BrFNO/c14-11-7-9(4-5-12(11)15)13(17)8-10-3-1-2-6-16-10/h1-7,13,17H,8H2.